The Morgan fingerprint density at radius 1 is 1.16 bits per heavy atom. The van der Waals surface area contributed by atoms with Crippen molar-refractivity contribution in [2.45, 2.75) is 6.61 Å². The summed E-state index contributed by atoms with van der Waals surface area (Å²) in [4.78, 5) is 12.5. The fourth-order valence-electron chi connectivity index (χ4n) is 2.78. The van der Waals surface area contributed by atoms with Crippen LogP contribution in [0.25, 0.3) is 6.08 Å². The quantitative estimate of drug-likeness (QED) is 0.243. The van der Waals surface area contributed by atoms with Gasteiger partial charge >= 0.3 is 0 Å². The number of hydrogen-bond donors (Lipinski definition) is 1. The molecule has 32 heavy (non-hydrogen) atoms. The Hall–Kier alpha value is -2.79. The number of amides is 1. The van der Waals surface area contributed by atoms with Crippen LogP contribution >= 0.6 is 43.5 Å². The number of nitriles is 1. The predicted molar refractivity (Wildman–Crippen MR) is 133 cm³/mol. The van der Waals surface area contributed by atoms with E-state index >= 15 is 0 Å². The summed E-state index contributed by atoms with van der Waals surface area (Å²) in [6.45, 7) is 0.253. The first-order chi connectivity index (χ1) is 15.4. The maximum absolute atomic E-state index is 12.5. The van der Waals surface area contributed by atoms with Crippen LogP contribution in [0.1, 0.15) is 11.1 Å². The van der Waals surface area contributed by atoms with Crippen molar-refractivity contribution in [2.24, 2.45) is 0 Å². The van der Waals surface area contributed by atoms with Crippen LogP contribution in [0.3, 0.4) is 0 Å². The van der Waals surface area contributed by atoms with E-state index in [1.165, 1.54) is 13.2 Å². The number of benzene rings is 3. The zero-order valence-corrected chi connectivity index (χ0v) is 20.8. The lowest BCUT2D eigenvalue weighted by atomic mass is 10.1. The van der Waals surface area contributed by atoms with Gasteiger partial charge in [0.25, 0.3) is 5.91 Å². The van der Waals surface area contributed by atoms with Crippen LogP contribution in [0.15, 0.2) is 75.2 Å². The lowest BCUT2D eigenvalue weighted by Gasteiger charge is -2.14. The van der Waals surface area contributed by atoms with E-state index < -0.39 is 5.91 Å². The molecule has 0 aliphatic heterocycles. The highest BCUT2D eigenvalue weighted by molar-refractivity contribution is 9.10. The number of carbonyl (C=O) groups is 1. The molecule has 0 aliphatic rings. The Morgan fingerprint density at radius 2 is 1.88 bits per heavy atom. The molecule has 3 rings (SSSR count). The van der Waals surface area contributed by atoms with Crippen LogP contribution in [0, 0.1) is 11.3 Å². The zero-order chi connectivity index (χ0) is 23.1. The molecule has 3 aromatic carbocycles. The second-order valence-electron chi connectivity index (χ2n) is 6.55. The zero-order valence-electron chi connectivity index (χ0n) is 16.9. The molecule has 0 atom stereocenters. The van der Waals surface area contributed by atoms with Gasteiger partial charge < -0.3 is 14.8 Å². The van der Waals surface area contributed by atoms with Gasteiger partial charge in [-0.1, -0.05) is 45.7 Å². The average molecular weight is 577 g/mol. The van der Waals surface area contributed by atoms with Gasteiger partial charge in [-0.15, -0.1) is 0 Å². The average Bonchev–Trinajstić information content (AvgIpc) is 2.78. The molecule has 0 aromatic heterocycles. The number of nitrogens with zero attached hydrogens (tertiary/aromatic N) is 1. The van der Waals surface area contributed by atoms with Crippen molar-refractivity contribution in [2.75, 3.05) is 12.4 Å². The fraction of sp³-hybridized carbons (Fsp3) is 0.0833. The molecule has 0 unspecified atom stereocenters. The van der Waals surface area contributed by atoms with Gasteiger partial charge in [-0.2, -0.15) is 5.26 Å². The third kappa shape index (κ3) is 6.13. The van der Waals surface area contributed by atoms with E-state index in [1.54, 1.807) is 42.5 Å². The van der Waals surface area contributed by atoms with E-state index in [4.69, 9.17) is 21.1 Å². The summed E-state index contributed by atoms with van der Waals surface area (Å²) in [5.74, 6) is 0.426. The Kier molecular flexibility index (Phi) is 8.34. The van der Waals surface area contributed by atoms with Crippen LogP contribution in [0.2, 0.25) is 5.02 Å². The molecule has 0 bridgehead atoms. The summed E-state index contributed by atoms with van der Waals surface area (Å²) in [7, 11) is 1.52. The van der Waals surface area contributed by atoms with E-state index in [0.29, 0.717) is 32.2 Å². The number of nitrogens with one attached hydrogen (secondary N) is 1. The molecule has 0 aliphatic carbocycles. The lowest BCUT2D eigenvalue weighted by molar-refractivity contribution is -0.112. The molecular formula is C24H17Br2ClN2O3. The normalized spacial score (nSPS) is 10.9. The van der Waals surface area contributed by atoms with E-state index in [-0.39, 0.29) is 12.2 Å². The van der Waals surface area contributed by atoms with Gasteiger partial charge in [-0.25, -0.2) is 0 Å². The smallest absolute Gasteiger partial charge is 0.266 e. The molecule has 0 fully saturated rings. The van der Waals surface area contributed by atoms with Gasteiger partial charge in [0, 0.05) is 20.7 Å². The number of methoxy groups -OCH3 is 1. The first-order valence-electron chi connectivity index (χ1n) is 9.33. The van der Waals surface area contributed by atoms with Crippen molar-refractivity contribution in [3.63, 3.8) is 0 Å². The van der Waals surface area contributed by atoms with E-state index in [1.807, 2.05) is 24.3 Å². The summed E-state index contributed by atoms with van der Waals surface area (Å²) < 4.78 is 12.9. The number of anilines is 1. The van der Waals surface area contributed by atoms with Gasteiger partial charge in [0.05, 0.1) is 11.6 Å². The molecule has 1 amide bonds. The summed E-state index contributed by atoms with van der Waals surface area (Å²) in [5.41, 5.74) is 1.97. The maximum atomic E-state index is 12.5. The number of rotatable bonds is 7. The Balaban J connectivity index is 1.82. The van der Waals surface area contributed by atoms with E-state index in [9.17, 15) is 10.1 Å². The van der Waals surface area contributed by atoms with Crippen molar-refractivity contribution in [1.29, 1.82) is 5.26 Å². The van der Waals surface area contributed by atoms with Crippen molar-refractivity contribution in [3.8, 4) is 17.6 Å². The van der Waals surface area contributed by atoms with Crippen LogP contribution in [0.5, 0.6) is 11.5 Å². The number of halogens is 3. The number of ether oxygens (including phenoxy) is 2. The third-order valence-electron chi connectivity index (χ3n) is 4.36. The third-order valence-corrected chi connectivity index (χ3v) is 5.85. The van der Waals surface area contributed by atoms with Crippen molar-refractivity contribution in [3.05, 3.63) is 91.3 Å². The molecule has 162 valence electrons. The van der Waals surface area contributed by atoms with Gasteiger partial charge in [-0.05, 0) is 70.0 Å². The van der Waals surface area contributed by atoms with Gasteiger partial charge in [0.1, 0.15) is 18.2 Å². The minimum absolute atomic E-state index is 0.0494. The van der Waals surface area contributed by atoms with Crippen LogP contribution in [-0.2, 0) is 11.4 Å². The van der Waals surface area contributed by atoms with Crippen molar-refractivity contribution in [1.82, 2.24) is 0 Å². The SMILES string of the molecule is COc1cc(/C=C(\C#N)C(=O)Nc2ccc(Br)cc2)cc(Br)c1OCc1ccccc1Cl. The molecule has 0 saturated heterocycles. The number of hydrogen-bond acceptors (Lipinski definition) is 4. The Labute approximate surface area is 207 Å². The monoisotopic (exact) mass is 574 g/mol. The van der Waals surface area contributed by atoms with Crippen molar-refractivity contribution < 1.29 is 14.3 Å². The molecule has 0 radical (unpaired) electrons. The molecule has 3 aromatic rings. The van der Waals surface area contributed by atoms with Gasteiger partial charge in [-0.3, -0.25) is 4.79 Å². The lowest BCUT2D eigenvalue weighted by Crippen LogP contribution is -2.13. The van der Waals surface area contributed by atoms with Crippen LogP contribution in [0.4, 0.5) is 5.69 Å². The van der Waals surface area contributed by atoms with E-state index in [0.717, 1.165) is 10.0 Å². The van der Waals surface area contributed by atoms with Gasteiger partial charge in [0.15, 0.2) is 11.5 Å². The fourth-order valence-corrected chi connectivity index (χ4v) is 3.80. The van der Waals surface area contributed by atoms with Crippen LogP contribution < -0.4 is 14.8 Å². The summed E-state index contributed by atoms with van der Waals surface area (Å²) in [6, 6.07) is 19.9. The summed E-state index contributed by atoms with van der Waals surface area (Å²) in [6.07, 6.45) is 1.49. The topological polar surface area (TPSA) is 71.3 Å². The molecule has 0 saturated carbocycles. The van der Waals surface area contributed by atoms with Crippen LogP contribution in [-0.4, -0.2) is 13.0 Å². The highest BCUT2D eigenvalue weighted by Crippen LogP contribution is 2.38. The van der Waals surface area contributed by atoms with Gasteiger partial charge in [0.2, 0.25) is 0 Å². The molecule has 8 heteroatoms. The second-order valence-corrected chi connectivity index (χ2v) is 8.72. The predicted octanol–water partition coefficient (Wildman–Crippen LogP) is 7.00. The van der Waals surface area contributed by atoms with E-state index in [2.05, 4.69) is 37.2 Å². The molecular weight excluding hydrogens is 560 g/mol. The largest absolute Gasteiger partial charge is 0.493 e. The highest BCUT2D eigenvalue weighted by Gasteiger charge is 2.15. The molecule has 1 N–H and O–H groups in total. The standard InChI is InChI=1S/C24H17Br2ClN2O3/c1-31-22-12-15(10-17(13-28)24(30)29-19-8-6-18(25)7-9-19)11-20(26)23(22)32-14-16-4-2-3-5-21(16)27/h2-12H,14H2,1H3,(H,29,30)/b17-10+. The highest BCUT2D eigenvalue weighted by atomic mass is 79.9. The second kappa shape index (κ2) is 11.2. The molecule has 0 heterocycles. The summed E-state index contributed by atoms with van der Waals surface area (Å²) >= 11 is 13.0. The minimum atomic E-state index is -0.510. The summed E-state index contributed by atoms with van der Waals surface area (Å²) in [5, 5.41) is 12.8. The maximum Gasteiger partial charge on any atom is 0.266 e. The minimum Gasteiger partial charge on any atom is -0.493 e. The van der Waals surface area contributed by atoms with Crippen molar-refractivity contribution >= 4 is 61.1 Å². The first kappa shape index (κ1) is 23.9. The first-order valence-corrected chi connectivity index (χ1v) is 11.3. The molecule has 0 spiro atoms. The molecule has 5 nitrogen and oxygen atoms in total. The Bertz CT molecular complexity index is 1200. The number of carbonyl (C=O) groups excluding carboxylic acids is 1. The Morgan fingerprint density at radius 3 is 2.53 bits per heavy atom.